The van der Waals surface area contributed by atoms with Crippen LogP contribution in [0.15, 0.2) is 24.4 Å². The number of carbonyl (C=O) groups excluding carboxylic acids is 2. The van der Waals surface area contributed by atoms with E-state index in [4.69, 9.17) is 0 Å². The summed E-state index contributed by atoms with van der Waals surface area (Å²) in [7, 11) is 0. The highest BCUT2D eigenvalue weighted by Gasteiger charge is 2.35. The van der Waals surface area contributed by atoms with Crippen LogP contribution in [0.4, 0.5) is 18.9 Å². The molecule has 3 heterocycles. The summed E-state index contributed by atoms with van der Waals surface area (Å²) in [6.07, 6.45) is -2.33. The molecule has 1 fully saturated rings. The number of hydrogen-bond acceptors (Lipinski definition) is 4. The van der Waals surface area contributed by atoms with E-state index in [9.17, 15) is 22.8 Å². The number of halogens is 3. The van der Waals surface area contributed by atoms with Crippen molar-refractivity contribution in [2.45, 2.75) is 33.0 Å². The molecule has 2 N–H and O–H groups in total. The Bertz CT molecular complexity index is 1150. The minimum absolute atomic E-state index is 0.130. The number of hydrogen-bond donors (Lipinski definition) is 2. The van der Waals surface area contributed by atoms with Crippen LogP contribution in [0, 0.1) is 12.8 Å². The lowest BCUT2D eigenvalue weighted by Crippen LogP contribution is -2.31. The molecule has 1 saturated heterocycles. The van der Waals surface area contributed by atoms with Gasteiger partial charge in [-0.05, 0) is 38.5 Å². The Labute approximate surface area is 175 Å². The third-order valence-electron chi connectivity index (χ3n) is 5.37. The number of anilines is 1. The average molecular weight is 434 g/mol. The first-order valence-electron chi connectivity index (χ1n) is 9.87. The zero-order chi connectivity index (χ0) is 22.3. The highest BCUT2D eigenvalue weighted by molar-refractivity contribution is 5.99. The topological polar surface area (TPSA) is 95.9 Å². The summed E-state index contributed by atoms with van der Waals surface area (Å²) in [6, 6.07) is 4.18. The summed E-state index contributed by atoms with van der Waals surface area (Å²) < 4.78 is 40.2. The molecule has 1 aromatic carbocycles. The molecule has 1 atom stereocenters. The van der Waals surface area contributed by atoms with Gasteiger partial charge in [-0.2, -0.15) is 18.3 Å². The Morgan fingerprint density at radius 2 is 2.10 bits per heavy atom. The number of aromatic nitrogens is 4. The van der Waals surface area contributed by atoms with E-state index < -0.39 is 12.0 Å². The molecule has 1 aliphatic rings. The van der Waals surface area contributed by atoms with Gasteiger partial charge in [0.25, 0.3) is 5.91 Å². The van der Waals surface area contributed by atoms with E-state index in [2.05, 4.69) is 20.4 Å². The van der Waals surface area contributed by atoms with Crippen LogP contribution in [-0.2, 0) is 17.5 Å². The highest BCUT2D eigenvalue weighted by atomic mass is 19.4. The molecule has 164 valence electrons. The van der Waals surface area contributed by atoms with Crippen LogP contribution >= 0.6 is 0 Å². The van der Waals surface area contributed by atoms with Crippen molar-refractivity contribution in [1.82, 2.24) is 24.6 Å². The van der Waals surface area contributed by atoms with Gasteiger partial charge in [-0.15, -0.1) is 0 Å². The SMILES string of the molecule is CCn1cc(NC(=O)C2CCN(C(=O)c3ccc4nc(C(F)(F)F)[nH]c4c3)C2)c(C)n1. The zero-order valence-electron chi connectivity index (χ0n) is 17.0. The van der Waals surface area contributed by atoms with Crippen LogP contribution in [-0.4, -0.2) is 49.6 Å². The van der Waals surface area contributed by atoms with Crippen molar-refractivity contribution in [3.63, 3.8) is 0 Å². The van der Waals surface area contributed by atoms with Crippen LogP contribution in [0.1, 0.15) is 35.2 Å². The third-order valence-corrected chi connectivity index (χ3v) is 5.37. The molecule has 8 nitrogen and oxygen atoms in total. The van der Waals surface area contributed by atoms with Crippen molar-refractivity contribution in [1.29, 1.82) is 0 Å². The van der Waals surface area contributed by atoms with E-state index in [-0.39, 0.29) is 40.9 Å². The second-order valence-corrected chi connectivity index (χ2v) is 7.52. The average Bonchev–Trinajstić information content (AvgIpc) is 3.44. The van der Waals surface area contributed by atoms with Gasteiger partial charge in [0.15, 0.2) is 0 Å². The summed E-state index contributed by atoms with van der Waals surface area (Å²) in [4.78, 5) is 32.7. The number of nitrogens with one attached hydrogen (secondary N) is 2. The Morgan fingerprint density at radius 3 is 2.77 bits per heavy atom. The number of amides is 2. The maximum Gasteiger partial charge on any atom is 0.449 e. The van der Waals surface area contributed by atoms with E-state index in [1.165, 1.54) is 23.1 Å². The standard InChI is InChI=1S/C20H21F3N6O2/c1-3-29-10-16(11(2)27-29)24-17(30)13-6-7-28(9-13)18(31)12-4-5-14-15(8-12)26-19(25-14)20(21,22)23/h4-5,8,10,13H,3,6-7,9H2,1-2H3,(H,24,30)(H,25,26). The fourth-order valence-electron chi connectivity index (χ4n) is 3.66. The van der Waals surface area contributed by atoms with E-state index in [0.717, 1.165) is 0 Å². The predicted molar refractivity (Wildman–Crippen MR) is 106 cm³/mol. The molecular weight excluding hydrogens is 413 g/mol. The minimum atomic E-state index is -4.59. The smallest absolute Gasteiger partial charge is 0.338 e. The number of imidazole rings is 1. The monoisotopic (exact) mass is 434 g/mol. The van der Waals surface area contributed by atoms with Gasteiger partial charge in [-0.1, -0.05) is 0 Å². The van der Waals surface area contributed by atoms with Gasteiger partial charge in [0, 0.05) is 31.4 Å². The van der Waals surface area contributed by atoms with Crippen LogP contribution in [0.2, 0.25) is 0 Å². The largest absolute Gasteiger partial charge is 0.449 e. The minimum Gasteiger partial charge on any atom is -0.338 e. The first-order valence-corrected chi connectivity index (χ1v) is 9.87. The lowest BCUT2D eigenvalue weighted by Gasteiger charge is -2.16. The van der Waals surface area contributed by atoms with Crippen molar-refractivity contribution in [2.75, 3.05) is 18.4 Å². The first kappa shape index (κ1) is 20.9. The molecule has 0 spiro atoms. The molecule has 2 aromatic heterocycles. The number of carbonyl (C=O) groups is 2. The van der Waals surface area contributed by atoms with Crippen molar-refractivity contribution in [3.8, 4) is 0 Å². The van der Waals surface area contributed by atoms with E-state index in [1.807, 2.05) is 13.8 Å². The number of likely N-dealkylation sites (tertiary alicyclic amines) is 1. The van der Waals surface area contributed by atoms with E-state index >= 15 is 0 Å². The van der Waals surface area contributed by atoms with Crippen LogP contribution < -0.4 is 5.32 Å². The molecule has 4 rings (SSSR count). The summed E-state index contributed by atoms with van der Waals surface area (Å²) in [5.74, 6) is -2.00. The molecule has 0 bridgehead atoms. The summed E-state index contributed by atoms with van der Waals surface area (Å²) >= 11 is 0. The molecule has 2 amide bonds. The van der Waals surface area contributed by atoms with Gasteiger partial charge in [0.05, 0.1) is 28.3 Å². The summed E-state index contributed by atoms with van der Waals surface area (Å²) in [5.41, 5.74) is 1.86. The maximum atomic E-state index is 12.8. The quantitative estimate of drug-likeness (QED) is 0.659. The number of aryl methyl sites for hydroxylation is 2. The highest BCUT2D eigenvalue weighted by Crippen LogP contribution is 2.29. The number of fused-ring (bicyclic) bond motifs is 1. The molecule has 11 heteroatoms. The van der Waals surface area contributed by atoms with Crippen molar-refractivity contribution in [2.24, 2.45) is 5.92 Å². The maximum absolute atomic E-state index is 12.8. The van der Waals surface area contributed by atoms with Crippen molar-refractivity contribution >= 4 is 28.5 Å². The number of aromatic amines is 1. The zero-order valence-corrected chi connectivity index (χ0v) is 17.0. The van der Waals surface area contributed by atoms with Crippen molar-refractivity contribution in [3.05, 3.63) is 41.5 Å². The lowest BCUT2D eigenvalue weighted by molar-refractivity contribution is -0.144. The molecule has 31 heavy (non-hydrogen) atoms. The van der Waals surface area contributed by atoms with Crippen LogP contribution in [0.3, 0.4) is 0 Å². The Balaban J connectivity index is 1.44. The fourth-order valence-corrected chi connectivity index (χ4v) is 3.66. The molecular formula is C20H21F3N6O2. The number of alkyl halides is 3. The molecule has 0 aliphatic carbocycles. The Morgan fingerprint density at radius 1 is 1.32 bits per heavy atom. The van der Waals surface area contributed by atoms with Crippen LogP contribution in [0.25, 0.3) is 11.0 Å². The Kier molecular flexibility index (Phi) is 5.19. The summed E-state index contributed by atoms with van der Waals surface area (Å²) in [5, 5.41) is 7.16. The number of H-pyrrole nitrogens is 1. The fraction of sp³-hybridized carbons (Fsp3) is 0.400. The normalized spacial score (nSPS) is 16.8. The van der Waals surface area contributed by atoms with E-state index in [1.54, 1.807) is 10.9 Å². The number of nitrogens with zero attached hydrogens (tertiary/aromatic N) is 4. The molecule has 0 radical (unpaired) electrons. The second kappa shape index (κ2) is 7.71. The molecule has 0 saturated carbocycles. The molecule has 1 aliphatic heterocycles. The predicted octanol–water partition coefficient (Wildman–Crippen LogP) is 3.21. The van der Waals surface area contributed by atoms with E-state index in [0.29, 0.717) is 30.9 Å². The first-order chi connectivity index (χ1) is 14.7. The summed E-state index contributed by atoms with van der Waals surface area (Å²) in [6.45, 7) is 5.07. The number of rotatable bonds is 4. The Hall–Kier alpha value is -3.37. The van der Waals surface area contributed by atoms with Gasteiger partial charge in [-0.3, -0.25) is 14.3 Å². The third kappa shape index (κ3) is 4.12. The lowest BCUT2D eigenvalue weighted by atomic mass is 10.1. The van der Waals surface area contributed by atoms with Gasteiger partial charge >= 0.3 is 6.18 Å². The van der Waals surface area contributed by atoms with Gasteiger partial charge in [0.1, 0.15) is 0 Å². The van der Waals surface area contributed by atoms with Gasteiger partial charge in [-0.25, -0.2) is 4.98 Å². The van der Waals surface area contributed by atoms with Crippen molar-refractivity contribution < 1.29 is 22.8 Å². The van der Waals surface area contributed by atoms with Crippen LogP contribution in [0.5, 0.6) is 0 Å². The van der Waals surface area contributed by atoms with Gasteiger partial charge < -0.3 is 15.2 Å². The molecule has 3 aromatic rings. The second-order valence-electron chi connectivity index (χ2n) is 7.52. The molecule has 1 unspecified atom stereocenters. The van der Waals surface area contributed by atoms with Gasteiger partial charge in [0.2, 0.25) is 11.7 Å². The number of benzene rings is 1.